The van der Waals surface area contributed by atoms with Crippen LogP contribution >= 0.6 is 11.6 Å². The molecule has 146 valence electrons. The Labute approximate surface area is 166 Å². The van der Waals surface area contributed by atoms with Crippen molar-refractivity contribution in [2.75, 3.05) is 22.4 Å². The first-order chi connectivity index (χ1) is 12.6. The quantitative estimate of drug-likeness (QED) is 0.735. The van der Waals surface area contributed by atoms with E-state index in [1.807, 2.05) is 32.9 Å². The van der Waals surface area contributed by atoms with Crippen LogP contribution in [-0.2, 0) is 14.8 Å². The minimum Gasteiger partial charge on any atom is -0.326 e. The molecule has 0 spiro atoms. The summed E-state index contributed by atoms with van der Waals surface area (Å²) < 4.78 is 25.5. The third-order valence-electron chi connectivity index (χ3n) is 4.22. The zero-order valence-electron chi connectivity index (χ0n) is 16.0. The SMILES string of the molecule is Cc1cc(C)c(NC(=O)CCCN(c2ccc(Cl)cc2)S(C)(=O)=O)c(C)c1. The van der Waals surface area contributed by atoms with Gasteiger partial charge in [-0.15, -0.1) is 0 Å². The van der Waals surface area contributed by atoms with E-state index < -0.39 is 10.0 Å². The molecule has 0 saturated carbocycles. The second-order valence-electron chi connectivity index (χ2n) is 6.74. The number of aryl methyl sites for hydroxylation is 3. The highest BCUT2D eigenvalue weighted by Gasteiger charge is 2.18. The number of rotatable bonds is 7. The summed E-state index contributed by atoms with van der Waals surface area (Å²) in [5.41, 5.74) is 4.53. The second kappa shape index (κ2) is 8.76. The average molecular weight is 409 g/mol. The monoisotopic (exact) mass is 408 g/mol. The Morgan fingerprint density at radius 1 is 1.07 bits per heavy atom. The van der Waals surface area contributed by atoms with E-state index in [-0.39, 0.29) is 18.9 Å². The number of sulfonamides is 1. The molecule has 0 radical (unpaired) electrons. The largest absolute Gasteiger partial charge is 0.326 e. The number of hydrogen-bond acceptors (Lipinski definition) is 3. The number of benzene rings is 2. The lowest BCUT2D eigenvalue weighted by Crippen LogP contribution is -2.31. The van der Waals surface area contributed by atoms with Crippen molar-refractivity contribution >= 4 is 38.9 Å². The van der Waals surface area contributed by atoms with Crippen LogP contribution in [0.3, 0.4) is 0 Å². The van der Waals surface area contributed by atoms with Crippen molar-refractivity contribution in [2.45, 2.75) is 33.6 Å². The van der Waals surface area contributed by atoms with Crippen LogP contribution in [0.15, 0.2) is 36.4 Å². The Bertz CT molecular complexity index is 902. The van der Waals surface area contributed by atoms with Crippen LogP contribution in [0.2, 0.25) is 5.02 Å². The van der Waals surface area contributed by atoms with Gasteiger partial charge in [0.2, 0.25) is 15.9 Å². The maximum absolute atomic E-state index is 12.3. The molecule has 5 nitrogen and oxygen atoms in total. The fourth-order valence-electron chi connectivity index (χ4n) is 3.06. The summed E-state index contributed by atoms with van der Waals surface area (Å²) >= 11 is 5.87. The van der Waals surface area contributed by atoms with Crippen molar-refractivity contribution in [3.05, 3.63) is 58.1 Å². The first-order valence-corrected chi connectivity index (χ1v) is 10.9. The van der Waals surface area contributed by atoms with Crippen molar-refractivity contribution in [1.29, 1.82) is 0 Å². The van der Waals surface area contributed by atoms with E-state index in [9.17, 15) is 13.2 Å². The summed E-state index contributed by atoms with van der Waals surface area (Å²) in [5, 5.41) is 3.48. The molecule has 1 N–H and O–H groups in total. The van der Waals surface area contributed by atoms with E-state index >= 15 is 0 Å². The van der Waals surface area contributed by atoms with E-state index in [0.717, 1.165) is 28.6 Å². The van der Waals surface area contributed by atoms with Gasteiger partial charge in [-0.2, -0.15) is 0 Å². The number of hydrogen-bond donors (Lipinski definition) is 1. The molecule has 0 aromatic heterocycles. The van der Waals surface area contributed by atoms with E-state index in [0.29, 0.717) is 17.1 Å². The van der Waals surface area contributed by atoms with Crippen molar-refractivity contribution in [3.8, 4) is 0 Å². The third kappa shape index (κ3) is 5.97. The molecule has 2 aromatic carbocycles. The fraction of sp³-hybridized carbons (Fsp3) is 0.350. The lowest BCUT2D eigenvalue weighted by atomic mass is 10.0. The molecule has 0 atom stereocenters. The molecule has 2 rings (SSSR count). The van der Waals surface area contributed by atoms with Crippen molar-refractivity contribution in [2.24, 2.45) is 0 Å². The minimum absolute atomic E-state index is 0.130. The van der Waals surface area contributed by atoms with Crippen LogP contribution in [0.4, 0.5) is 11.4 Å². The molecule has 0 heterocycles. The topological polar surface area (TPSA) is 66.5 Å². The molecular weight excluding hydrogens is 384 g/mol. The highest BCUT2D eigenvalue weighted by Crippen LogP contribution is 2.23. The van der Waals surface area contributed by atoms with Gasteiger partial charge in [0.05, 0.1) is 11.9 Å². The van der Waals surface area contributed by atoms with Crippen molar-refractivity contribution in [3.63, 3.8) is 0 Å². The third-order valence-corrected chi connectivity index (χ3v) is 5.67. The Morgan fingerprint density at radius 3 is 2.15 bits per heavy atom. The predicted molar refractivity (Wildman–Crippen MR) is 112 cm³/mol. The van der Waals surface area contributed by atoms with Gasteiger partial charge in [0.15, 0.2) is 0 Å². The molecule has 0 fully saturated rings. The maximum Gasteiger partial charge on any atom is 0.232 e. The number of anilines is 2. The molecule has 0 aliphatic rings. The average Bonchev–Trinajstić information content (AvgIpc) is 2.55. The minimum atomic E-state index is -3.45. The highest BCUT2D eigenvalue weighted by molar-refractivity contribution is 7.92. The van der Waals surface area contributed by atoms with Gasteiger partial charge in [0.1, 0.15) is 0 Å². The molecular formula is C20H25ClN2O3S. The highest BCUT2D eigenvalue weighted by atomic mass is 35.5. The van der Waals surface area contributed by atoms with E-state index in [1.54, 1.807) is 24.3 Å². The van der Waals surface area contributed by atoms with Crippen LogP contribution in [0, 0.1) is 20.8 Å². The summed E-state index contributed by atoms with van der Waals surface area (Å²) in [6.07, 6.45) is 1.79. The Kier molecular flexibility index (Phi) is 6.89. The molecule has 7 heteroatoms. The standard InChI is InChI=1S/C20H25ClN2O3S/c1-14-12-15(2)20(16(3)13-14)22-19(24)6-5-11-23(27(4,25)26)18-9-7-17(21)8-10-18/h7-10,12-13H,5-6,11H2,1-4H3,(H,22,24). The Balaban J connectivity index is 2.00. The molecule has 2 aromatic rings. The van der Waals surface area contributed by atoms with E-state index in [4.69, 9.17) is 11.6 Å². The van der Waals surface area contributed by atoms with Crippen LogP contribution in [-0.4, -0.2) is 27.1 Å². The van der Waals surface area contributed by atoms with E-state index in [2.05, 4.69) is 5.32 Å². The van der Waals surface area contributed by atoms with Gasteiger partial charge >= 0.3 is 0 Å². The molecule has 0 unspecified atom stereocenters. The van der Waals surface area contributed by atoms with Crippen molar-refractivity contribution < 1.29 is 13.2 Å². The van der Waals surface area contributed by atoms with Gasteiger partial charge in [-0.1, -0.05) is 29.3 Å². The van der Waals surface area contributed by atoms with Crippen LogP contribution in [0.1, 0.15) is 29.5 Å². The van der Waals surface area contributed by atoms with Gasteiger partial charge < -0.3 is 5.32 Å². The zero-order valence-corrected chi connectivity index (χ0v) is 17.6. The van der Waals surface area contributed by atoms with Crippen LogP contribution < -0.4 is 9.62 Å². The molecule has 0 aliphatic carbocycles. The number of halogens is 1. The van der Waals surface area contributed by atoms with Crippen LogP contribution in [0.25, 0.3) is 0 Å². The molecule has 1 amide bonds. The normalized spacial score (nSPS) is 11.3. The lowest BCUT2D eigenvalue weighted by molar-refractivity contribution is -0.116. The number of carbonyl (C=O) groups is 1. The lowest BCUT2D eigenvalue weighted by Gasteiger charge is -2.22. The molecule has 27 heavy (non-hydrogen) atoms. The first kappa shape index (κ1) is 21.3. The maximum atomic E-state index is 12.3. The number of amides is 1. The van der Waals surface area contributed by atoms with Gasteiger partial charge in [0, 0.05) is 23.7 Å². The molecule has 0 saturated heterocycles. The van der Waals surface area contributed by atoms with Gasteiger partial charge in [-0.3, -0.25) is 9.10 Å². The number of nitrogens with zero attached hydrogens (tertiary/aromatic N) is 1. The van der Waals surface area contributed by atoms with Gasteiger partial charge in [0.25, 0.3) is 0 Å². The Morgan fingerprint density at radius 2 is 1.63 bits per heavy atom. The zero-order chi connectivity index (χ0) is 20.2. The second-order valence-corrected chi connectivity index (χ2v) is 9.08. The number of carbonyl (C=O) groups excluding carboxylic acids is 1. The fourth-order valence-corrected chi connectivity index (χ4v) is 4.15. The summed E-state index contributed by atoms with van der Waals surface area (Å²) in [6.45, 7) is 6.16. The predicted octanol–water partition coefficient (Wildman–Crippen LogP) is 4.45. The smallest absolute Gasteiger partial charge is 0.232 e. The molecule has 0 bridgehead atoms. The first-order valence-electron chi connectivity index (χ1n) is 8.69. The molecule has 0 aliphatic heterocycles. The summed E-state index contributed by atoms with van der Waals surface area (Å²) in [7, 11) is -3.45. The Hall–Kier alpha value is -2.05. The summed E-state index contributed by atoms with van der Waals surface area (Å²) in [4.78, 5) is 12.3. The van der Waals surface area contributed by atoms with Gasteiger partial charge in [-0.25, -0.2) is 8.42 Å². The summed E-state index contributed by atoms with van der Waals surface area (Å²) in [6, 6.07) is 10.6. The number of nitrogens with one attached hydrogen (secondary N) is 1. The summed E-state index contributed by atoms with van der Waals surface area (Å²) in [5.74, 6) is -0.130. The van der Waals surface area contributed by atoms with Gasteiger partial charge in [-0.05, 0) is 62.6 Å². The van der Waals surface area contributed by atoms with Crippen molar-refractivity contribution in [1.82, 2.24) is 0 Å². The van der Waals surface area contributed by atoms with Crippen LogP contribution in [0.5, 0.6) is 0 Å². The van der Waals surface area contributed by atoms with E-state index in [1.165, 1.54) is 4.31 Å².